The van der Waals surface area contributed by atoms with Gasteiger partial charge in [-0.1, -0.05) is 36.4 Å². The number of rotatable bonds is 7. The van der Waals surface area contributed by atoms with Crippen molar-refractivity contribution in [2.24, 2.45) is 5.92 Å². The number of ether oxygens (including phenoxy) is 1. The van der Waals surface area contributed by atoms with Crippen LogP contribution < -0.4 is 10.1 Å². The van der Waals surface area contributed by atoms with E-state index in [1.165, 1.54) is 5.56 Å². The fraction of sp³-hybridized carbons (Fsp3) is 0.360. The van der Waals surface area contributed by atoms with E-state index in [-0.39, 0.29) is 11.9 Å². The molecule has 0 saturated carbocycles. The lowest BCUT2D eigenvalue weighted by Gasteiger charge is -2.37. The third-order valence-electron chi connectivity index (χ3n) is 5.94. The summed E-state index contributed by atoms with van der Waals surface area (Å²) in [5.74, 6) is 1.24. The first-order valence-electron chi connectivity index (χ1n) is 10.8. The highest BCUT2D eigenvalue weighted by Crippen LogP contribution is 2.33. The number of likely N-dealkylation sites (tertiary alicyclic amines) is 1. The fourth-order valence-corrected chi connectivity index (χ4v) is 5.24. The highest BCUT2D eigenvalue weighted by Gasteiger charge is 2.31. The molecular formula is C25H29N3O2S. The SMILES string of the molecule is COc1c(C)cccc1CN1CCC[C@H]([C@@H](NC(=O)c2ccccc2)c2nccs2)C1. The second-order valence-corrected chi connectivity index (χ2v) is 9.02. The topological polar surface area (TPSA) is 54.5 Å². The maximum absolute atomic E-state index is 12.9. The fourth-order valence-electron chi connectivity index (χ4n) is 4.46. The molecule has 3 aromatic rings. The Kier molecular flexibility index (Phi) is 6.99. The molecule has 1 fully saturated rings. The van der Waals surface area contributed by atoms with Gasteiger partial charge in [0.15, 0.2) is 0 Å². The van der Waals surface area contributed by atoms with Gasteiger partial charge < -0.3 is 10.1 Å². The molecule has 5 nitrogen and oxygen atoms in total. The van der Waals surface area contributed by atoms with Crippen molar-refractivity contribution in [2.75, 3.05) is 20.2 Å². The Balaban J connectivity index is 1.51. The standard InChI is InChI=1S/C25H29N3O2S/c1-18-8-6-11-21(23(18)30-2)17-28-14-7-12-20(16-28)22(25-26-13-15-31-25)27-24(29)19-9-4-3-5-10-19/h3-6,8-11,13,15,20,22H,7,12,14,16-17H2,1-2H3,(H,27,29)/t20-,22+/m0/s1. The van der Waals surface area contributed by atoms with Crippen LogP contribution >= 0.6 is 11.3 Å². The van der Waals surface area contributed by atoms with Crippen molar-refractivity contribution in [3.8, 4) is 5.75 Å². The highest BCUT2D eigenvalue weighted by molar-refractivity contribution is 7.09. The molecule has 6 heteroatoms. The maximum Gasteiger partial charge on any atom is 0.251 e. The Hall–Kier alpha value is -2.70. The Morgan fingerprint density at radius 3 is 2.84 bits per heavy atom. The molecule has 1 amide bonds. The number of para-hydroxylation sites is 1. The van der Waals surface area contributed by atoms with E-state index in [1.807, 2.05) is 41.9 Å². The number of thiazole rings is 1. The van der Waals surface area contributed by atoms with Gasteiger partial charge in [-0.05, 0) is 49.9 Å². The van der Waals surface area contributed by atoms with Gasteiger partial charge in [-0.3, -0.25) is 9.69 Å². The van der Waals surface area contributed by atoms with Gasteiger partial charge in [0.05, 0.1) is 13.2 Å². The van der Waals surface area contributed by atoms with Crippen molar-refractivity contribution in [3.63, 3.8) is 0 Å². The Morgan fingerprint density at radius 1 is 1.26 bits per heavy atom. The van der Waals surface area contributed by atoms with E-state index in [9.17, 15) is 4.79 Å². The number of piperidine rings is 1. The van der Waals surface area contributed by atoms with Crippen LogP contribution in [-0.4, -0.2) is 36.0 Å². The lowest BCUT2D eigenvalue weighted by Crippen LogP contribution is -2.42. The van der Waals surface area contributed by atoms with E-state index >= 15 is 0 Å². The molecule has 0 unspecified atom stereocenters. The van der Waals surface area contributed by atoms with Gasteiger partial charge in [0.2, 0.25) is 0 Å². The van der Waals surface area contributed by atoms with Crippen LogP contribution in [-0.2, 0) is 6.54 Å². The zero-order chi connectivity index (χ0) is 21.6. The van der Waals surface area contributed by atoms with Crippen LogP contribution in [0.2, 0.25) is 0 Å². The molecule has 31 heavy (non-hydrogen) atoms. The molecule has 2 heterocycles. The van der Waals surface area contributed by atoms with Crippen molar-refractivity contribution in [1.82, 2.24) is 15.2 Å². The van der Waals surface area contributed by atoms with E-state index in [2.05, 4.69) is 40.3 Å². The average Bonchev–Trinajstić information content (AvgIpc) is 3.33. The minimum Gasteiger partial charge on any atom is -0.496 e. The zero-order valence-corrected chi connectivity index (χ0v) is 18.9. The minimum atomic E-state index is -0.0880. The number of hydrogen-bond donors (Lipinski definition) is 1. The molecule has 1 N–H and O–H groups in total. The number of carbonyl (C=O) groups is 1. The summed E-state index contributed by atoms with van der Waals surface area (Å²) in [5, 5.41) is 6.24. The summed E-state index contributed by atoms with van der Waals surface area (Å²) in [6, 6.07) is 15.6. The van der Waals surface area contributed by atoms with E-state index < -0.39 is 0 Å². The highest BCUT2D eigenvalue weighted by atomic mass is 32.1. The Morgan fingerprint density at radius 2 is 2.10 bits per heavy atom. The molecule has 0 radical (unpaired) electrons. The van der Waals surface area contributed by atoms with Crippen molar-refractivity contribution in [2.45, 2.75) is 32.4 Å². The number of aryl methyl sites for hydroxylation is 1. The normalized spacial score (nSPS) is 17.8. The van der Waals surface area contributed by atoms with Crippen LogP contribution in [0.15, 0.2) is 60.1 Å². The van der Waals surface area contributed by atoms with Crippen LogP contribution in [0.3, 0.4) is 0 Å². The number of amides is 1. The monoisotopic (exact) mass is 435 g/mol. The first kappa shape index (κ1) is 21.5. The third kappa shape index (κ3) is 5.14. The molecule has 1 aromatic heterocycles. The number of carbonyl (C=O) groups excluding carboxylic acids is 1. The van der Waals surface area contributed by atoms with Crippen LogP contribution in [0.5, 0.6) is 5.75 Å². The van der Waals surface area contributed by atoms with Crippen LogP contribution in [0.4, 0.5) is 0 Å². The quantitative estimate of drug-likeness (QED) is 0.577. The van der Waals surface area contributed by atoms with Crippen molar-refractivity contribution >= 4 is 17.2 Å². The number of nitrogens with zero attached hydrogens (tertiary/aromatic N) is 2. The second-order valence-electron chi connectivity index (χ2n) is 8.09. The Bertz CT molecular complexity index is 991. The smallest absolute Gasteiger partial charge is 0.251 e. The summed E-state index contributed by atoms with van der Waals surface area (Å²) in [6.07, 6.45) is 3.99. The van der Waals surface area contributed by atoms with E-state index in [4.69, 9.17) is 4.74 Å². The molecule has 0 bridgehead atoms. The number of hydrogen-bond acceptors (Lipinski definition) is 5. The van der Waals surface area contributed by atoms with Crippen molar-refractivity contribution < 1.29 is 9.53 Å². The maximum atomic E-state index is 12.9. The predicted octanol–water partition coefficient (Wildman–Crippen LogP) is 4.84. The molecule has 0 aliphatic carbocycles. The first-order chi connectivity index (χ1) is 15.2. The predicted molar refractivity (Wildman–Crippen MR) is 124 cm³/mol. The molecule has 1 saturated heterocycles. The van der Waals surface area contributed by atoms with Crippen molar-refractivity contribution in [1.29, 1.82) is 0 Å². The third-order valence-corrected chi connectivity index (χ3v) is 6.80. The number of nitrogens with one attached hydrogen (secondary N) is 1. The number of methoxy groups -OCH3 is 1. The van der Waals surface area contributed by atoms with Crippen molar-refractivity contribution in [3.05, 3.63) is 81.8 Å². The lowest BCUT2D eigenvalue weighted by atomic mass is 9.90. The average molecular weight is 436 g/mol. The second kappa shape index (κ2) is 10.1. The first-order valence-corrected chi connectivity index (χ1v) is 11.6. The van der Waals surface area contributed by atoms with Gasteiger partial charge in [0.25, 0.3) is 5.91 Å². The molecule has 4 rings (SSSR count). The summed E-state index contributed by atoms with van der Waals surface area (Å²) in [6.45, 7) is 4.89. The zero-order valence-electron chi connectivity index (χ0n) is 18.1. The molecule has 1 aliphatic rings. The largest absolute Gasteiger partial charge is 0.496 e. The van der Waals surface area contributed by atoms with E-state index in [0.717, 1.165) is 48.8 Å². The van der Waals surface area contributed by atoms with Gasteiger partial charge in [-0.15, -0.1) is 11.3 Å². The summed E-state index contributed by atoms with van der Waals surface area (Å²) >= 11 is 1.61. The summed E-state index contributed by atoms with van der Waals surface area (Å²) in [5.41, 5.74) is 3.05. The summed E-state index contributed by atoms with van der Waals surface area (Å²) in [7, 11) is 1.74. The molecule has 2 atom stereocenters. The minimum absolute atomic E-state index is 0.0433. The van der Waals surface area contributed by atoms with E-state index in [1.54, 1.807) is 18.4 Å². The number of benzene rings is 2. The van der Waals surface area contributed by atoms with E-state index in [0.29, 0.717) is 11.5 Å². The molecule has 162 valence electrons. The molecule has 1 aliphatic heterocycles. The molecule has 0 spiro atoms. The van der Waals surface area contributed by atoms with Gasteiger partial charge in [0, 0.05) is 35.8 Å². The van der Waals surface area contributed by atoms with Crippen LogP contribution in [0.1, 0.15) is 45.4 Å². The molecule has 2 aromatic carbocycles. The van der Waals surface area contributed by atoms with Gasteiger partial charge in [-0.2, -0.15) is 0 Å². The number of aromatic nitrogens is 1. The summed E-state index contributed by atoms with van der Waals surface area (Å²) < 4.78 is 5.66. The summed E-state index contributed by atoms with van der Waals surface area (Å²) in [4.78, 5) is 19.9. The van der Waals surface area contributed by atoms with Gasteiger partial charge in [0.1, 0.15) is 10.8 Å². The molecular weight excluding hydrogens is 406 g/mol. The van der Waals surface area contributed by atoms with Gasteiger partial charge in [-0.25, -0.2) is 4.98 Å². The Labute approximate surface area is 188 Å². The van der Waals surface area contributed by atoms with Crippen LogP contribution in [0.25, 0.3) is 0 Å². The lowest BCUT2D eigenvalue weighted by molar-refractivity contribution is 0.0877. The van der Waals surface area contributed by atoms with Crippen LogP contribution in [0, 0.1) is 12.8 Å². The van der Waals surface area contributed by atoms with Gasteiger partial charge >= 0.3 is 0 Å².